The molecule has 1 aromatic rings. The average Bonchev–Trinajstić information content (AvgIpc) is 2.36. The molecular formula is C5H5ClN2O2S2. The van der Waals surface area contributed by atoms with Crippen LogP contribution in [0.3, 0.4) is 0 Å². The number of hydrogen-bond acceptors (Lipinski definition) is 5. The molecule has 0 N–H and O–H groups in total. The topological polar surface area (TPSA) is 59.9 Å². The average molecular weight is 225 g/mol. The second kappa shape index (κ2) is 3.51. The van der Waals surface area contributed by atoms with Crippen molar-refractivity contribution >= 4 is 32.8 Å². The van der Waals surface area contributed by atoms with Crippen LogP contribution in [0.25, 0.3) is 0 Å². The van der Waals surface area contributed by atoms with E-state index in [4.69, 9.17) is 11.6 Å². The van der Waals surface area contributed by atoms with Gasteiger partial charge in [0.15, 0.2) is 0 Å². The van der Waals surface area contributed by atoms with Crippen molar-refractivity contribution < 1.29 is 8.42 Å². The van der Waals surface area contributed by atoms with Crippen LogP contribution in [0.5, 0.6) is 0 Å². The van der Waals surface area contributed by atoms with E-state index < -0.39 is 9.84 Å². The Morgan fingerprint density at radius 3 is 2.67 bits per heavy atom. The van der Waals surface area contributed by atoms with Crippen LogP contribution in [-0.2, 0) is 9.84 Å². The van der Waals surface area contributed by atoms with Gasteiger partial charge in [0.25, 0.3) is 0 Å². The zero-order valence-corrected chi connectivity index (χ0v) is 8.29. The first-order valence-electron chi connectivity index (χ1n) is 2.89. The lowest BCUT2D eigenvalue weighted by Crippen LogP contribution is -2.03. The normalized spacial score (nSPS) is 11.4. The molecule has 7 heteroatoms. The molecule has 0 radical (unpaired) electrons. The first-order chi connectivity index (χ1) is 5.56. The van der Waals surface area contributed by atoms with Gasteiger partial charge in [-0.3, -0.25) is 0 Å². The Labute approximate surface area is 78.8 Å². The molecule has 0 amide bonds. The highest BCUT2D eigenvalue weighted by Gasteiger charge is 2.17. The molecule has 0 aromatic carbocycles. The largest absolute Gasteiger partial charge is 0.234 e. The van der Waals surface area contributed by atoms with Gasteiger partial charge < -0.3 is 0 Å². The summed E-state index contributed by atoms with van der Waals surface area (Å²) in [5.41, 5.74) is 0. The van der Waals surface area contributed by atoms with Gasteiger partial charge in [-0.05, 0) is 11.6 Å². The van der Waals surface area contributed by atoms with E-state index in [-0.39, 0.29) is 14.6 Å². The number of sulfone groups is 1. The van der Waals surface area contributed by atoms with Crippen molar-refractivity contribution in [1.82, 2.24) is 10.2 Å². The van der Waals surface area contributed by atoms with E-state index in [1.807, 2.05) is 0 Å². The minimum atomic E-state index is -3.35. The highest BCUT2D eigenvalue weighted by molar-refractivity contribution is 7.93. The van der Waals surface area contributed by atoms with Gasteiger partial charge in [0, 0.05) is 0 Å². The molecule has 66 valence electrons. The van der Waals surface area contributed by atoms with Gasteiger partial charge in [0.05, 0.1) is 5.75 Å². The molecule has 0 saturated heterocycles. The molecule has 0 unspecified atom stereocenters. The lowest BCUT2D eigenvalue weighted by atomic mass is 10.8. The molecule has 0 aliphatic rings. The molecule has 0 aliphatic heterocycles. The van der Waals surface area contributed by atoms with Crippen molar-refractivity contribution in [2.75, 3.05) is 5.75 Å². The van der Waals surface area contributed by atoms with Crippen molar-refractivity contribution in [1.29, 1.82) is 0 Å². The molecule has 1 heterocycles. The Kier molecular flexibility index (Phi) is 2.81. The van der Waals surface area contributed by atoms with Crippen molar-refractivity contribution in [3.8, 4) is 0 Å². The second-order valence-electron chi connectivity index (χ2n) is 1.89. The summed E-state index contributed by atoms with van der Waals surface area (Å²) in [6.45, 7) is 3.32. The Bertz CT molecular complexity index is 384. The number of aromatic nitrogens is 2. The van der Waals surface area contributed by atoms with Crippen molar-refractivity contribution in [3.05, 3.63) is 17.1 Å². The molecular weight excluding hydrogens is 220 g/mol. The molecule has 12 heavy (non-hydrogen) atoms. The first kappa shape index (κ1) is 9.63. The van der Waals surface area contributed by atoms with Gasteiger partial charge in [-0.25, -0.2) is 8.42 Å². The number of halogens is 1. The Hall–Kier alpha value is -0.460. The monoisotopic (exact) mass is 224 g/mol. The molecule has 0 atom stereocenters. The van der Waals surface area contributed by atoms with E-state index in [1.165, 1.54) is 6.08 Å². The highest BCUT2D eigenvalue weighted by atomic mass is 35.5. The second-order valence-corrected chi connectivity index (χ2v) is 5.66. The van der Waals surface area contributed by atoms with E-state index in [9.17, 15) is 8.42 Å². The third-order valence-corrected chi connectivity index (χ3v) is 4.10. The molecule has 4 nitrogen and oxygen atoms in total. The minimum Gasteiger partial charge on any atom is -0.221 e. The maximum Gasteiger partial charge on any atom is 0.234 e. The predicted octanol–water partition coefficient (Wildman–Crippen LogP) is 1.15. The summed E-state index contributed by atoms with van der Waals surface area (Å²) in [5, 5.41) is 6.79. The number of hydrogen-bond donors (Lipinski definition) is 0. The molecule has 0 saturated carbocycles. The van der Waals surface area contributed by atoms with Crippen LogP contribution in [0.4, 0.5) is 0 Å². The zero-order chi connectivity index (χ0) is 9.19. The summed E-state index contributed by atoms with van der Waals surface area (Å²) < 4.78 is 22.5. The van der Waals surface area contributed by atoms with Gasteiger partial charge in [0.1, 0.15) is 0 Å². The van der Waals surface area contributed by atoms with E-state index >= 15 is 0 Å². The van der Waals surface area contributed by atoms with Crippen LogP contribution in [0, 0.1) is 0 Å². The van der Waals surface area contributed by atoms with Gasteiger partial charge in [-0.2, -0.15) is 0 Å². The van der Waals surface area contributed by atoms with Gasteiger partial charge >= 0.3 is 0 Å². The summed E-state index contributed by atoms with van der Waals surface area (Å²) >= 11 is 6.26. The van der Waals surface area contributed by atoms with E-state index in [2.05, 4.69) is 16.8 Å². The smallest absolute Gasteiger partial charge is 0.221 e. The van der Waals surface area contributed by atoms with Crippen LogP contribution < -0.4 is 0 Å². The fourth-order valence-corrected chi connectivity index (χ4v) is 2.81. The maximum atomic E-state index is 11.2. The van der Waals surface area contributed by atoms with Crippen molar-refractivity contribution in [3.63, 3.8) is 0 Å². The molecule has 0 bridgehead atoms. The molecule has 0 spiro atoms. The summed E-state index contributed by atoms with van der Waals surface area (Å²) in [5.74, 6) is -0.140. The van der Waals surface area contributed by atoms with Gasteiger partial charge in [0.2, 0.25) is 18.6 Å². The van der Waals surface area contributed by atoms with Crippen LogP contribution in [0.2, 0.25) is 4.47 Å². The molecule has 1 aromatic heterocycles. The summed E-state index contributed by atoms with van der Waals surface area (Å²) in [6, 6.07) is 0. The molecule has 0 fully saturated rings. The predicted molar refractivity (Wildman–Crippen MR) is 47.2 cm³/mol. The third-order valence-electron chi connectivity index (χ3n) is 0.985. The number of nitrogens with zero attached hydrogens (tertiary/aromatic N) is 2. The van der Waals surface area contributed by atoms with Gasteiger partial charge in [-0.15, -0.1) is 16.8 Å². The standard InChI is InChI=1S/C5H5ClN2O2S2/c1-2-3-12(9,10)5-8-7-4(6)11-5/h2H,1,3H2. The lowest BCUT2D eigenvalue weighted by Gasteiger charge is -1.91. The Morgan fingerprint density at radius 2 is 2.25 bits per heavy atom. The Morgan fingerprint density at radius 1 is 1.58 bits per heavy atom. The third kappa shape index (κ3) is 2.02. The van der Waals surface area contributed by atoms with Crippen molar-refractivity contribution in [2.24, 2.45) is 0 Å². The summed E-state index contributed by atoms with van der Waals surface area (Å²) in [6.07, 6.45) is 1.30. The van der Waals surface area contributed by atoms with Crippen molar-refractivity contribution in [2.45, 2.75) is 4.34 Å². The molecule has 1 rings (SSSR count). The quantitative estimate of drug-likeness (QED) is 0.723. The fourth-order valence-electron chi connectivity index (χ4n) is 0.545. The maximum absolute atomic E-state index is 11.2. The van der Waals surface area contributed by atoms with Crippen LogP contribution in [0.1, 0.15) is 0 Å². The SMILES string of the molecule is C=CCS(=O)(=O)c1nnc(Cl)s1. The van der Waals surface area contributed by atoms with E-state index in [0.717, 1.165) is 11.3 Å². The zero-order valence-electron chi connectivity index (χ0n) is 5.90. The molecule has 0 aliphatic carbocycles. The fraction of sp³-hybridized carbons (Fsp3) is 0.200. The minimum absolute atomic E-state index is 0.0626. The summed E-state index contributed by atoms with van der Waals surface area (Å²) in [4.78, 5) is 0. The summed E-state index contributed by atoms with van der Waals surface area (Å²) in [7, 11) is -3.35. The van der Waals surface area contributed by atoms with Crippen LogP contribution >= 0.6 is 22.9 Å². The highest BCUT2D eigenvalue weighted by Crippen LogP contribution is 2.20. The van der Waals surface area contributed by atoms with Gasteiger partial charge in [-0.1, -0.05) is 17.4 Å². The van der Waals surface area contributed by atoms with Crippen LogP contribution in [0.15, 0.2) is 17.0 Å². The van der Waals surface area contributed by atoms with Crippen LogP contribution in [-0.4, -0.2) is 24.4 Å². The van der Waals surface area contributed by atoms with E-state index in [0.29, 0.717) is 0 Å². The lowest BCUT2D eigenvalue weighted by molar-refractivity contribution is 0.597. The van der Waals surface area contributed by atoms with E-state index in [1.54, 1.807) is 0 Å². The first-order valence-corrected chi connectivity index (χ1v) is 5.73. The number of rotatable bonds is 3. The Balaban J connectivity index is 3.06.